The van der Waals surface area contributed by atoms with Gasteiger partial charge in [0.2, 0.25) is 10.0 Å². The number of hydrogen-bond donors (Lipinski definition) is 1. The van der Waals surface area contributed by atoms with Crippen LogP contribution in [0.2, 0.25) is 0 Å². The molecule has 0 amide bonds. The molecule has 1 atom stereocenters. The van der Waals surface area contributed by atoms with Crippen LogP contribution in [0.25, 0.3) is 33.4 Å². The first-order chi connectivity index (χ1) is 17.4. The monoisotopic (exact) mass is 498 g/mol. The molecule has 2 heterocycles. The van der Waals surface area contributed by atoms with Crippen LogP contribution in [-0.4, -0.2) is 23.7 Å². The van der Waals surface area contributed by atoms with Crippen LogP contribution in [-0.2, 0) is 10.0 Å². The SMILES string of the molecule is CCC(C)CS(=O)(=O)Nc1ccc(-c2c(C#N)c3ccc(-c4ccccn4)cc3n2C2CCC2)cc1. The van der Waals surface area contributed by atoms with E-state index in [9.17, 15) is 13.7 Å². The van der Waals surface area contributed by atoms with Gasteiger partial charge in [0, 0.05) is 28.9 Å². The smallest absolute Gasteiger partial charge is 0.232 e. The van der Waals surface area contributed by atoms with E-state index in [0.29, 0.717) is 17.3 Å². The van der Waals surface area contributed by atoms with Crippen LogP contribution < -0.4 is 4.72 Å². The van der Waals surface area contributed by atoms with E-state index < -0.39 is 10.0 Å². The van der Waals surface area contributed by atoms with Crippen molar-refractivity contribution in [3.8, 4) is 28.6 Å². The lowest BCUT2D eigenvalue weighted by Gasteiger charge is -2.30. The third-order valence-corrected chi connectivity index (χ3v) is 8.70. The predicted octanol–water partition coefficient (Wildman–Crippen LogP) is 6.75. The molecule has 2 aromatic carbocycles. The Hall–Kier alpha value is -3.63. The van der Waals surface area contributed by atoms with Gasteiger partial charge in [0.05, 0.1) is 28.2 Å². The first-order valence-corrected chi connectivity index (χ1v) is 14.2. The Bertz CT molecular complexity index is 1530. The molecule has 0 bridgehead atoms. The molecule has 1 N–H and O–H groups in total. The largest absolute Gasteiger partial charge is 0.336 e. The topological polar surface area (TPSA) is 87.8 Å². The summed E-state index contributed by atoms with van der Waals surface area (Å²) < 4.78 is 30.0. The van der Waals surface area contributed by atoms with Gasteiger partial charge >= 0.3 is 0 Å². The highest BCUT2D eigenvalue weighted by atomic mass is 32.2. The molecule has 1 aliphatic rings. The van der Waals surface area contributed by atoms with Gasteiger partial charge < -0.3 is 4.57 Å². The highest BCUT2D eigenvalue weighted by Gasteiger charge is 2.28. The van der Waals surface area contributed by atoms with Gasteiger partial charge in [0.15, 0.2) is 0 Å². The normalized spacial score (nSPS) is 14.8. The molecule has 2 aromatic heterocycles. The van der Waals surface area contributed by atoms with Crippen LogP contribution in [0.5, 0.6) is 0 Å². The number of pyridine rings is 1. The Kier molecular flexibility index (Phi) is 6.55. The lowest BCUT2D eigenvalue weighted by molar-refractivity contribution is 0.324. The molecule has 7 heteroatoms. The number of nitrogens with zero attached hydrogens (tertiary/aromatic N) is 3. The Balaban J connectivity index is 1.58. The Labute approximate surface area is 212 Å². The number of nitrogens with one attached hydrogen (secondary N) is 1. The van der Waals surface area contributed by atoms with E-state index in [0.717, 1.165) is 52.7 Å². The number of hydrogen-bond acceptors (Lipinski definition) is 4. The number of benzene rings is 2. The average Bonchev–Trinajstić information content (AvgIpc) is 3.16. The molecular weight excluding hydrogens is 468 g/mol. The van der Waals surface area contributed by atoms with Crippen LogP contribution in [0.4, 0.5) is 5.69 Å². The third kappa shape index (κ3) is 4.61. The van der Waals surface area contributed by atoms with Gasteiger partial charge in [-0.25, -0.2) is 8.42 Å². The van der Waals surface area contributed by atoms with E-state index in [1.54, 1.807) is 18.3 Å². The van der Waals surface area contributed by atoms with Gasteiger partial charge in [0.25, 0.3) is 0 Å². The summed E-state index contributed by atoms with van der Waals surface area (Å²) in [5.74, 6) is 0.187. The van der Waals surface area contributed by atoms with Crippen molar-refractivity contribution >= 4 is 26.6 Å². The van der Waals surface area contributed by atoms with E-state index in [-0.39, 0.29) is 11.7 Å². The first kappa shape index (κ1) is 24.1. The number of rotatable bonds is 8. The summed E-state index contributed by atoms with van der Waals surface area (Å²) in [7, 11) is -3.42. The minimum Gasteiger partial charge on any atom is -0.336 e. The van der Waals surface area contributed by atoms with Gasteiger partial charge in [-0.1, -0.05) is 50.6 Å². The van der Waals surface area contributed by atoms with Gasteiger partial charge in [-0.2, -0.15) is 5.26 Å². The molecule has 1 fully saturated rings. The van der Waals surface area contributed by atoms with E-state index >= 15 is 0 Å². The van der Waals surface area contributed by atoms with Crippen LogP contribution in [0.15, 0.2) is 66.9 Å². The zero-order valence-electron chi connectivity index (χ0n) is 20.6. The highest BCUT2D eigenvalue weighted by Crippen LogP contribution is 2.43. The van der Waals surface area contributed by atoms with Gasteiger partial charge in [-0.05, 0) is 61.1 Å². The molecular formula is C29H30N4O2S. The number of nitriles is 1. The standard InChI is InChI=1S/C29H30N4O2S/c1-3-20(2)19-36(34,35)32-23-13-10-21(11-14-23)29-26(18-30)25-15-12-22(27-9-4-5-16-31-27)17-28(25)33(29)24-7-6-8-24/h4-5,9-17,20,24,32H,3,6-8,19H2,1-2H3. The molecule has 36 heavy (non-hydrogen) atoms. The van der Waals surface area contributed by atoms with E-state index in [4.69, 9.17) is 0 Å². The van der Waals surface area contributed by atoms with Crippen LogP contribution in [0.3, 0.4) is 0 Å². The summed E-state index contributed by atoms with van der Waals surface area (Å²) in [6.45, 7) is 3.92. The number of fused-ring (bicyclic) bond motifs is 1. The van der Waals surface area contributed by atoms with E-state index in [1.807, 2.05) is 56.3 Å². The molecule has 184 valence electrons. The second-order valence-electron chi connectivity index (χ2n) is 9.71. The molecule has 4 aromatic rings. The van der Waals surface area contributed by atoms with Crippen molar-refractivity contribution in [1.29, 1.82) is 5.26 Å². The third-order valence-electron chi connectivity index (χ3n) is 7.15. The van der Waals surface area contributed by atoms with Crippen LogP contribution >= 0.6 is 0 Å². The Morgan fingerprint density at radius 2 is 1.86 bits per heavy atom. The maximum absolute atomic E-state index is 12.5. The van der Waals surface area contributed by atoms with Crippen molar-refractivity contribution in [2.45, 2.75) is 45.6 Å². The summed E-state index contributed by atoms with van der Waals surface area (Å²) in [5, 5.41) is 11.1. The maximum atomic E-state index is 12.5. The minimum atomic E-state index is -3.42. The van der Waals surface area contributed by atoms with Crippen molar-refractivity contribution in [1.82, 2.24) is 9.55 Å². The molecule has 0 radical (unpaired) electrons. The van der Waals surface area contributed by atoms with Gasteiger partial charge in [0.1, 0.15) is 6.07 Å². The summed E-state index contributed by atoms with van der Waals surface area (Å²) >= 11 is 0. The van der Waals surface area contributed by atoms with E-state index in [1.165, 1.54) is 6.42 Å². The first-order valence-electron chi connectivity index (χ1n) is 12.5. The fraction of sp³-hybridized carbons (Fsp3) is 0.310. The van der Waals surface area contributed by atoms with Crippen molar-refractivity contribution in [3.63, 3.8) is 0 Å². The number of sulfonamides is 1. The maximum Gasteiger partial charge on any atom is 0.232 e. The van der Waals surface area contributed by atoms with Gasteiger partial charge in [-0.3, -0.25) is 9.71 Å². The summed E-state index contributed by atoms with van der Waals surface area (Å²) in [4.78, 5) is 4.50. The Morgan fingerprint density at radius 1 is 1.11 bits per heavy atom. The van der Waals surface area contributed by atoms with Crippen LogP contribution in [0, 0.1) is 17.2 Å². The fourth-order valence-electron chi connectivity index (χ4n) is 4.83. The molecule has 6 nitrogen and oxygen atoms in total. The Morgan fingerprint density at radius 3 is 2.47 bits per heavy atom. The second kappa shape index (κ2) is 9.79. The number of aromatic nitrogens is 2. The molecule has 1 unspecified atom stereocenters. The van der Waals surface area contributed by atoms with Crippen LogP contribution in [0.1, 0.15) is 51.1 Å². The van der Waals surface area contributed by atoms with Crippen molar-refractivity contribution < 1.29 is 8.42 Å². The lowest BCUT2D eigenvalue weighted by atomic mass is 9.92. The van der Waals surface area contributed by atoms with Gasteiger partial charge in [-0.15, -0.1) is 0 Å². The highest BCUT2D eigenvalue weighted by molar-refractivity contribution is 7.92. The molecule has 1 aliphatic carbocycles. The second-order valence-corrected chi connectivity index (χ2v) is 11.5. The zero-order valence-corrected chi connectivity index (χ0v) is 21.4. The molecule has 0 saturated heterocycles. The summed E-state index contributed by atoms with van der Waals surface area (Å²) in [6, 6.07) is 22.2. The summed E-state index contributed by atoms with van der Waals surface area (Å²) in [5.41, 5.74) is 5.92. The fourth-order valence-corrected chi connectivity index (χ4v) is 6.40. The van der Waals surface area contributed by atoms with Crippen molar-refractivity contribution in [2.24, 2.45) is 5.92 Å². The molecule has 5 rings (SSSR count). The predicted molar refractivity (Wildman–Crippen MR) is 145 cm³/mol. The number of anilines is 1. The summed E-state index contributed by atoms with van der Waals surface area (Å²) in [6.07, 6.45) is 5.91. The quantitative estimate of drug-likeness (QED) is 0.291. The van der Waals surface area contributed by atoms with E-state index in [2.05, 4.69) is 26.4 Å². The lowest BCUT2D eigenvalue weighted by Crippen LogP contribution is -2.21. The molecule has 0 aliphatic heterocycles. The zero-order chi connectivity index (χ0) is 25.3. The average molecular weight is 499 g/mol. The van der Waals surface area contributed by atoms with Crippen molar-refractivity contribution in [3.05, 3.63) is 72.4 Å². The molecule has 0 spiro atoms. The molecule has 1 saturated carbocycles. The van der Waals surface area contributed by atoms with Crippen molar-refractivity contribution in [2.75, 3.05) is 10.5 Å². The minimum absolute atomic E-state index is 0.0918.